The first kappa shape index (κ1) is 17.6. The first-order valence-corrected chi connectivity index (χ1v) is 9.15. The van der Waals surface area contributed by atoms with Gasteiger partial charge in [0.15, 0.2) is 5.82 Å². The number of hydrogen-bond donors (Lipinski definition) is 3. The van der Waals surface area contributed by atoms with Gasteiger partial charge < -0.3 is 10.6 Å². The van der Waals surface area contributed by atoms with Gasteiger partial charge in [0.25, 0.3) is 5.91 Å². The van der Waals surface area contributed by atoms with Gasteiger partial charge in [0.1, 0.15) is 5.82 Å². The van der Waals surface area contributed by atoms with Gasteiger partial charge in [-0.25, -0.2) is 4.98 Å². The molecule has 1 aliphatic carbocycles. The average Bonchev–Trinajstić information content (AvgIpc) is 3.13. The molecule has 0 aliphatic heterocycles. The number of H-pyrrole nitrogens is 1. The maximum atomic E-state index is 12.6. The minimum Gasteiger partial charge on any atom is -0.353 e. The summed E-state index contributed by atoms with van der Waals surface area (Å²) >= 11 is 1.53. The van der Waals surface area contributed by atoms with E-state index >= 15 is 0 Å². The number of rotatable bonds is 6. The van der Waals surface area contributed by atoms with Crippen LogP contribution in [0.3, 0.4) is 0 Å². The third kappa shape index (κ3) is 3.89. The molecule has 3 N–H and O–H groups in total. The Morgan fingerprint density at radius 1 is 1.20 bits per heavy atom. The van der Waals surface area contributed by atoms with Crippen LogP contribution >= 0.6 is 11.3 Å². The summed E-state index contributed by atoms with van der Waals surface area (Å²) in [6.45, 7) is 8.27. The molecule has 8 heteroatoms. The van der Waals surface area contributed by atoms with Gasteiger partial charge >= 0.3 is 0 Å². The lowest BCUT2D eigenvalue weighted by Crippen LogP contribution is -2.46. The van der Waals surface area contributed by atoms with Crippen molar-refractivity contribution in [3.05, 3.63) is 32.5 Å². The van der Waals surface area contributed by atoms with Crippen LogP contribution in [0.2, 0.25) is 0 Å². The SMILES string of the molecule is Cc1nc(CC(=O)NCC2(NC(=O)c3sc(C)c(C)c3C)CC2)n[nH]1. The largest absolute Gasteiger partial charge is 0.353 e. The summed E-state index contributed by atoms with van der Waals surface area (Å²) in [5.74, 6) is 0.975. The topological polar surface area (TPSA) is 99.8 Å². The van der Waals surface area contributed by atoms with Crippen LogP contribution in [0.4, 0.5) is 0 Å². The number of aromatic nitrogens is 3. The lowest BCUT2D eigenvalue weighted by molar-refractivity contribution is -0.120. The highest BCUT2D eigenvalue weighted by atomic mass is 32.1. The van der Waals surface area contributed by atoms with Gasteiger partial charge in [-0.3, -0.25) is 14.7 Å². The van der Waals surface area contributed by atoms with Gasteiger partial charge in [-0.15, -0.1) is 11.3 Å². The van der Waals surface area contributed by atoms with Crippen molar-refractivity contribution in [3.8, 4) is 0 Å². The Labute approximate surface area is 150 Å². The van der Waals surface area contributed by atoms with E-state index in [1.807, 2.05) is 20.8 Å². The second-order valence-corrected chi connectivity index (χ2v) is 7.99. The number of aryl methyl sites for hydroxylation is 2. The highest BCUT2D eigenvalue weighted by Crippen LogP contribution is 2.36. The predicted molar refractivity (Wildman–Crippen MR) is 95.8 cm³/mol. The van der Waals surface area contributed by atoms with E-state index < -0.39 is 0 Å². The zero-order valence-electron chi connectivity index (χ0n) is 14.9. The van der Waals surface area contributed by atoms with Crippen molar-refractivity contribution in [3.63, 3.8) is 0 Å². The fourth-order valence-corrected chi connectivity index (χ4v) is 3.76. The Kier molecular flexibility index (Phi) is 4.64. The van der Waals surface area contributed by atoms with Gasteiger partial charge in [0, 0.05) is 11.4 Å². The minimum absolute atomic E-state index is 0.0463. The molecule has 0 spiro atoms. The highest BCUT2D eigenvalue weighted by Gasteiger charge is 2.44. The van der Waals surface area contributed by atoms with Crippen LogP contribution in [-0.4, -0.2) is 39.1 Å². The fourth-order valence-electron chi connectivity index (χ4n) is 2.69. The number of nitrogens with zero attached hydrogens (tertiary/aromatic N) is 2. The maximum Gasteiger partial charge on any atom is 0.262 e. The molecule has 2 amide bonds. The number of carbonyl (C=O) groups is 2. The Hall–Kier alpha value is -2.22. The van der Waals surface area contributed by atoms with Crippen LogP contribution in [0.25, 0.3) is 0 Å². The molecule has 0 radical (unpaired) electrons. The van der Waals surface area contributed by atoms with E-state index in [-0.39, 0.29) is 23.8 Å². The van der Waals surface area contributed by atoms with Crippen molar-refractivity contribution in [2.75, 3.05) is 6.54 Å². The van der Waals surface area contributed by atoms with Crippen molar-refractivity contribution in [2.45, 2.75) is 52.5 Å². The van der Waals surface area contributed by atoms with Crippen LogP contribution in [-0.2, 0) is 11.2 Å². The van der Waals surface area contributed by atoms with Crippen molar-refractivity contribution in [2.24, 2.45) is 0 Å². The third-order valence-electron chi connectivity index (χ3n) is 4.71. The molecular weight excluding hydrogens is 338 g/mol. The summed E-state index contributed by atoms with van der Waals surface area (Å²) in [5, 5.41) is 12.7. The van der Waals surface area contributed by atoms with Crippen LogP contribution < -0.4 is 10.6 Å². The number of aromatic amines is 1. The highest BCUT2D eigenvalue weighted by molar-refractivity contribution is 7.14. The zero-order chi connectivity index (χ0) is 18.2. The molecule has 0 aromatic carbocycles. The van der Waals surface area contributed by atoms with Crippen molar-refractivity contribution >= 4 is 23.2 Å². The number of carbonyl (C=O) groups excluding carboxylic acids is 2. The van der Waals surface area contributed by atoms with Gasteiger partial charge in [-0.2, -0.15) is 5.10 Å². The molecule has 0 unspecified atom stereocenters. The minimum atomic E-state index is -0.320. The molecule has 0 bridgehead atoms. The lowest BCUT2D eigenvalue weighted by Gasteiger charge is -2.18. The Bertz CT molecular complexity index is 819. The Balaban J connectivity index is 1.55. The van der Waals surface area contributed by atoms with E-state index in [1.165, 1.54) is 21.8 Å². The van der Waals surface area contributed by atoms with Crippen LogP contribution in [0.5, 0.6) is 0 Å². The van der Waals surface area contributed by atoms with E-state index in [1.54, 1.807) is 6.92 Å². The first-order valence-electron chi connectivity index (χ1n) is 8.33. The number of hydrogen-bond acceptors (Lipinski definition) is 5. The zero-order valence-corrected chi connectivity index (χ0v) is 15.8. The summed E-state index contributed by atoms with van der Waals surface area (Å²) < 4.78 is 0. The van der Waals surface area contributed by atoms with E-state index in [2.05, 4.69) is 25.8 Å². The fraction of sp³-hybridized carbons (Fsp3) is 0.529. The molecule has 2 heterocycles. The molecule has 3 rings (SSSR count). The van der Waals surface area contributed by atoms with Gasteiger partial charge in [-0.05, 0) is 51.7 Å². The van der Waals surface area contributed by atoms with Crippen LogP contribution in [0.15, 0.2) is 0 Å². The molecule has 0 atom stereocenters. The molecular formula is C17H23N5O2S. The summed E-state index contributed by atoms with van der Waals surface area (Å²) in [5.41, 5.74) is 1.90. The second kappa shape index (κ2) is 6.59. The summed E-state index contributed by atoms with van der Waals surface area (Å²) in [7, 11) is 0. The molecule has 1 aliphatic rings. The lowest BCUT2D eigenvalue weighted by atomic mass is 10.1. The summed E-state index contributed by atoms with van der Waals surface area (Å²) in [6.07, 6.45) is 1.89. The van der Waals surface area contributed by atoms with Crippen molar-refractivity contribution < 1.29 is 9.59 Å². The normalized spacial score (nSPS) is 15.0. The Morgan fingerprint density at radius 3 is 2.44 bits per heavy atom. The molecule has 1 saturated carbocycles. The summed E-state index contributed by atoms with van der Waals surface area (Å²) in [4.78, 5) is 30.7. The standard InChI is InChI=1S/C17H23N5O2S/c1-9-10(2)15(25-11(9)3)16(24)20-17(5-6-17)8-18-14(23)7-13-19-12(4)21-22-13/h5-8H2,1-4H3,(H,18,23)(H,20,24)(H,19,21,22). The monoisotopic (exact) mass is 361 g/mol. The van der Waals surface area contributed by atoms with Crippen molar-refractivity contribution in [1.82, 2.24) is 25.8 Å². The van der Waals surface area contributed by atoms with E-state index in [0.717, 1.165) is 23.3 Å². The number of nitrogens with one attached hydrogen (secondary N) is 3. The predicted octanol–water partition coefficient (Wildman–Crippen LogP) is 1.72. The molecule has 0 saturated heterocycles. The molecule has 2 aromatic rings. The second-order valence-electron chi connectivity index (χ2n) is 6.76. The van der Waals surface area contributed by atoms with Gasteiger partial charge in [-0.1, -0.05) is 0 Å². The van der Waals surface area contributed by atoms with Gasteiger partial charge in [0.2, 0.25) is 5.91 Å². The smallest absolute Gasteiger partial charge is 0.262 e. The number of amides is 2. The van der Waals surface area contributed by atoms with Gasteiger partial charge in [0.05, 0.1) is 16.8 Å². The summed E-state index contributed by atoms with van der Waals surface area (Å²) in [6, 6.07) is 0. The quantitative estimate of drug-likeness (QED) is 0.729. The molecule has 7 nitrogen and oxygen atoms in total. The average molecular weight is 361 g/mol. The van der Waals surface area contributed by atoms with E-state index in [4.69, 9.17) is 0 Å². The molecule has 2 aromatic heterocycles. The molecule has 134 valence electrons. The first-order chi connectivity index (χ1) is 11.8. The molecule has 25 heavy (non-hydrogen) atoms. The van der Waals surface area contributed by atoms with E-state index in [0.29, 0.717) is 18.2 Å². The maximum absolute atomic E-state index is 12.6. The Morgan fingerprint density at radius 2 is 1.92 bits per heavy atom. The molecule has 1 fully saturated rings. The van der Waals surface area contributed by atoms with Crippen molar-refractivity contribution in [1.29, 1.82) is 0 Å². The van der Waals surface area contributed by atoms with E-state index in [9.17, 15) is 9.59 Å². The van der Waals surface area contributed by atoms with Crippen LogP contribution in [0, 0.1) is 27.7 Å². The van der Waals surface area contributed by atoms with Crippen LogP contribution in [0.1, 0.15) is 50.2 Å². The number of thiophene rings is 1. The third-order valence-corrected chi connectivity index (χ3v) is 6.02.